The van der Waals surface area contributed by atoms with E-state index in [0.29, 0.717) is 22.7 Å². The van der Waals surface area contributed by atoms with Gasteiger partial charge >= 0.3 is 0 Å². The lowest BCUT2D eigenvalue weighted by molar-refractivity contribution is 0.0801. The first-order valence-corrected chi connectivity index (χ1v) is 12.3. The van der Waals surface area contributed by atoms with Crippen LogP contribution in [-0.2, 0) is 5.60 Å². The maximum atomic E-state index is 15.0. The molecule has 0 amide bonds. The molecule has 8 heteroatoms. The van der Waals surface area contributed by atoms with Crippen molar-refractivity contribution in [1.29, 1.82) is 0 Å². The van der Waals surface area contributed by atoms with Crippen LogP contribution in [0.4, 0.5) is 20.5 Å². The van der Waals surface area contributed by atoms with E-state index in [4.69, 9.17) is 0 Å². The highest BCUT2D eigenvalue weighted by Gasteiger charge is 2.22. The SMILES string of the molecule is CCCC(CCC)c1ccc(Nc2ncc(F)c(-c3cc(F)c4nccc(C(C)(C)O)c4c3)n2)nc1. The number of anilines is 2. The van der Waals surface area contributed by atoms with Crippen LogP contribution in [0, 0.1) is 11.6 Å². The van der Waals surface area contributed by atoms with Gasteiger partial charge in [-0.3, -0.25) is 4.98 Å². The number of fused-ring (bicyclic) bond motifs is 1. The van der Waals surface area contributed by atoms with Gasteiger partial charge in [0.25, 0.3) is 0 Å². The molecule has 3 heterocycles. The fourth-order valence-corrected chi connectivity index (χ4v) is 4.52. The van der Waals surface area contributed by atoms with Crippen LogP contribution in [-0.4, -0.2) is 25.0 Å². The number of aliphatic hydroxyl groups is 1. The molecule has 0 bridgehead atoms. The first kappa shape index (κ1) is 25.6. The zero-order valence-corrected chi connectivity index (χ0v) is 21.0. The average molecular weight is 492 g/mol. The standard InChI is InChI=1S/C28H31F2N5O/c1-5-7-17(8-6-2)18-9-10-24(32-15-18)34-27-33-16-23(30)25(35-27)19-13-20-21(28(3,4)36)11-12-31-26(20)22(29)14-19/h9-17,36H,5-8H2,1-4H3,(H,32,33,34,35). The second-order valence-electron chi connectivity index (χ2n) is 9.54. The second kappa shape index (κ2) is 10.6. The number of nitrogens with one attached hydrogen (secondary N) is 1. The Morgan fingerprint density at radius 3 is 2.33 bits per heavy atom. The Morgan fingerprint density at radius 2 is 1.69 bits per heavy atom. The largest absolute Gasteiger partial charge is 0.386 e. The quantitative estimate of drug-likeness (QED) is 0.262. The zero-order chi connectivity index (χ0) is 25.9. The summed E-state index contributed by atoms with van der Waals surface area (Å²) in [5.74, 6) is -0.187. The van der Waals surface area contributed by atoms with Crippen LogP contribution >= 0.6 is 0 Å². The highest BCUT2D eigenvalue weighted by atomic mass is 19.1. The molecule has 0 saturated heterocycles. The van der Waals surface area contributed by atoms with Crippen LogP contribution in [0.5, 0.6) is 0 Å². The van der Waals surface area contributed by atoms with Crippen LogP contribution in [0.2, 0.25) is 0 Å². The molecule has 188 valence electrons. The van der Waals surface area contributed by atoms with Gasteiger partial charge in [0.1, 0.15) is 22.8 Å². The molecule has 4 aromatic rings. The molecule has 0 atom stereocenters. The van der Waals surface area contributed by atoms with Gasteiger partial charge in [0.05, 0.1) is 11.8 Å². The van der Waals surface area contributed by atoms with Crippen molar-refractivity contribution in [3.8, 4) is 11.3 Å². The van der Waals surface area contributed by atoms with Gasteiger partial charge in [-0.05, 0) is 68.0 Å². The van der Waals surface area contributed by atoms with Gasteiger partial charge in [0.15, 0.2) is 5.82 Å². The molecule has 2 N–H and O–H groups in total. The van der Waals surface area contributed by atoms with E-state index in [-0.39, 0.29) is 22.7 Å². The topological polar surface area (TPSA) is 83.8 Å². The van der Waals surface area contributed by atoms with Gasteiger partial charge in [-0.2, -0.15) is 0 Å². The van der Waals surface area contributed by atoms with Crippen LogP contribution in [0.25, 0.3) is 22.2 Å². The van der Waals surface area contributed by atoms with E-state index in [9.17, 15) is 13.9 Å². The first-order valence-electron chi connectivity index (χ1n) is 12.3. The number of nitrogens with zero attached hydrogens (tertiary/aromatic N) is 4. The number of rotatable bonds is 9. The summed E-state index contributed by atoms with van der Waals surface area (Å²) >= 11 is 0. The molecular formula is C28H31F2N5O. The van der Waals surface area contributed by atoms with Crippen molar-refractivity contribution in [2.75, 3.05) is 5.32 Å². The third kappa shape index (κ3) is 5.49. The van der Waals surface area contributed by atoms with Crippen LogP contribution in [0.3, 0.4) is 0 Å². The normalized spacial score (nSPS) is 11.9. The van der Waals surface area contributed by atoms with E-state index in [0.717, 1.165) is 31.9 Å². The number of hydrogen-bond acceptors (Lipinski definition) is 6. The van der Waals surface area contributed by atoms with Crippen molar-refractivity contribution >= 4 is 22.7 Å². The molecule has 3 aromatic heterocycles. The number of hydrogen-bond donors (Lipinski definition) is 2. The van der Waals surface area contributed by atoms with E-state index in [1.807, 2.05) is 18.3 Å². The smallest absolute Gasteiger partial charge is 0.229 e. The van der Waals surface area contributed by atoms with Crippen molar-refractivity contribution < 1.29 is 13.9 Å². The van der Waals surface area contributed by atoms with Gasteiger partial charge in [-0.1, -0.05) is 32.8 Å². The third-order valence-corrected chi connectivity index (χ3v) is 6.25. The molecule has 36 heavy (non-hydrogen) atoms. The molecule has 4 rings (SSSR count). The summed E-state index contributed by atoms with van der Waals surface area (Å²) in [7, 11) is 0. The molecule has 0 aliphatic rings. The van der Waals surface area contributed by atoms with E-state index in [1.54, 1.807) is 26.0 Å². The minimum atomic E-state index is -1.24. The minimum absolute atomic E-state index is 0.0681. The van der Waals surface area contributed by atoms with Crippen LogP contribution in [0.15, 0.2) is 48.9 Å². The molecule has 0 saturated carbocycles. The Balaban J connectivity index is 1.67. The van der Waals surface area contributed by atoms with Gasteiger partial charge in [-0.15, -0.1) is 0 Å². The van der Waals surface area contributed by atoms with Crippen molar-refractivity contribution in [2.24, 2.45) is 0 Å². The summed E-state index contributed by atoms with van der Waals surface area (Å²) in [6.07, 6.45) is 8.78. The molecule has 0 aliphatic carbocycles. The molecule has 0 unspecified atom stereocenters. The van der Waals surface area contributed by atoms with E-state index in [2.05, 4.69) is 39.1 Å². The monoisotopic (exact) mass is 491 g/mol. The van der Waals surface area contributed by atoms with Gasteiger partial charge < -0.3 is 10.4 Å². The van der Waals surface area contributed by atoms with Crippen LogP contribution in [0.1, 0.15) is 70.4 Å². The second-order valence-corrected chi connectivity index (χ2v) is 9.54. The zero-order valence-electron chi connectivity index (χ0n) is 21.0. The number of halogens is 2. The Hall–Kier alpha value is -3.52. The van der Waals surface area contributed by atoms with Crippen molar-refractivity contribution in [3.05, 3.63) is 71.7 Å². The summed E-state index contributed by atoms with van der Waals surface area (Å²) in [4.78, 5) is 16.9. The molecule has 0 radical (unpaired) electrons. The number of pyridine rings is 2. The lowest BCUT2D eigenvalue weighted by atomic mass is 9.92. The predicted octanol–water partition coefficient (Wildman–Crippen LogP) is 7.02. The minimum Gasteiger partial charge on any atom is -0.386 e. The van der Waals surface area contributed by atoms with Crippen molar-refractivity contribution in [2.45, 2.75) is 64.9 Å². The third-order valence-electron chi connectivity index (χ3n) is 6.25. The summed E-state index contributed by atoms with van der Waals surface area (Å²) < 4.78 is 29.7. The Bertz CT molecular complexity index is 1350. The lowest BCUT2D eigenvalue weighted by Gasteiger charge is -2.20. The fraction of sp³-hybridized carbons (Fsp3) is 0.357. The maximum Gasteiger partial charge on any atom is 0.229 e. The van der Waals surface area contributed by atoms with E-state index < -0.39 is 17.2 Å². The van der Waals surface area contributed by atoms with Gasteiger partial charge in [0.2, 0.25) is 5.95 Å². The van der Waals surface area contributed by atoms with Gasteiger partial charge in [-0.25, -0.2) is 23.7 Å². The number of benzene rings is 1. The molecule has 0 aliphatic heterocycles. The number of aromatic nitrogens is 4. The van der Waals surface area contributed by atoms with Crippen molar-refractivity contribution in [3.63, 3.8) is 0 Å². The van der Waals surface area contributed by atoms with E-state index in [1.165, 1.54) is 17.8 Å². The average Bonchev–Trinajstić information content (AvgIpc) is 2.84. The lowest BCUT2D eigenvalue weighted by Crippen LogP contribution is -2.16. The Kier molecular flexibility index (Phi) is 7.54. The van der Waals surface area contributed by atoms with Crippen molar-refractivity contribution in [1.82, 2.24) is 19.9 Å². The summed E-state index contributed by atoms with van der Waals surface area (Å²) in [6.45, 7) is 7.56. The fourth-order valence-electron chi connectivity index (χ4n) is 4.52. The molecular weight excluding hydrogens is 460 g/mol. The molecule has 0 spiro atoms. The summed E-state index contributed by atoms with van der Waals surface area (Å²) in [6, 6.07) is 8.29. The predicted molar refractivity (Wildman–Crippen MR) is 138 cm³/mol. The Labute approximate surface area is 209 Å². The van der Waals surface area contributed by atoms with Gasteiger partial charge in [0, 0.05) is 23.3 Å². The molecule has 0 fully saturated rings. The van der Waals surface area contributed by atoms with Crippen LogP contribution < -0.4 is 5.32 Å². The first-order chi connectivity index (χ1) is 17.2. The highest BCUT2D eigenvalue weighted by Crippen LogP contribution is 2.33. The molecule has 6 nitrogen and oxygen atoms in total. The maximum absolute atomic E-state index is 15.0. The highest BCUT2D eigenvalue weighted by molar-refractivity contribution is 5.88. The molecule has 1 aromatic carbocycles. The summed E-state index contributed by atoms with van der Waals surface area (Å²) in [5, 5.41) is 13.9. The summed E-state index contributed by atoms with van der Waals surface area (Å²) in [5.41, 5.74) is 0.671. The van der Waals surface area contributed by atoms with E-state index >= 15 is 0 Å². The Morgan fingerprint density at radius 1 is 0.944 bits per heavy atom.